The first-order valence-electron chi connectivity index (χ1n) is 5.66. The molecule has 0 saturated heterocycles. The Labute approximate surface area is 82.5 Å². The molecule has 1 rings (SSSR count). The van der Waals surface area contributed by atoms with Gasteiger partial charge >= 0.3 is 0 Å². The van der Waals surface area contributed by atoms with Crippen LogP contribution in [0, 0.1) is 17.8 Å². The molecule has 13 heavy (non-hydrogen) atoms. The molecule has 2 unspecified atom stereocenters. The first-order chi connectivity index (χ1) is 5.94. The first kappa shape index (κ1) is 11.0. The molecule has 78 valence electrons. The molecule has 0 heterocycles. The van der Waals surface area contributed by atoms with Crippen LogP contribution < -0.4 is 0 Å². The van der Waals surface area contributed by atoms with Gasteiger partial charge in [-0.3, -0.25) is 0 Å². The van der Waals surface area contributed by atoms with Gasteiger partial charge in [0.25, 0.3) is 0 Å². The molecule has 2 atom stereocenters. The van der Waals surface area contributed by atoms with E-state index in [1.165, 1.54) is 12.8 Å². The maximum atomic E-state index is 10.3. The zero-order valence-corrected chi connectivity index (χ0v) is 9.51. The molecular formula is C12H24O. The molecule has 0 spiro atoms. The van der Waals surface area contributed by atoms with E-state index in [4.69, 9.17) is 0 Å². The summed E-state index contributed by atoms with van der Waals surface area (Å²) in [5, 5.41) is 10.3. The van der Waals surface area contributed by atoms with Crippen molar-refractivity contribution < 1.29 is 5.11 Å². The summed E-state index contributed by atoms with van der Waals surface area (Å²) < 4.78 is 0. The highest BCUT2D eigenvalue weighted by atomic mass is 16.3. The number of aliphatic hydroxyl groups is 1. The summed E-state index contributed by atoms with van der Waals surface area (Å²) in [6, 6.07) is 0. The third-order valence-corrected chi connectivity index (χ3v) is 3.20. The molecular weight excluding hydrogens is 160 g/mol. The van der Waals surface area contributed by atoms with Gasteiger partial charge in [0, 0.05) is 0 Å². The zero-order chi connectivity index (χ0) is 10.1. The second-order valence-corrected chi connectivity index (χ2v) is 5.57. The van der Waals surface area contributed by atoms with Crippen LogP contribution in [-0.2, 0) is 0 Å². The average Bonchev–Trinajstić information content (AvgIpc) is 1.97. The molecule has 0 bridgehead atoms. The molecule has 1 aliphatic rings. The highest BCUT2D eigenvalue weighted by molar-refractivity contribution is 4.96. The van der Waals surface area contributed by atoms with Gasteiger partial charge in [0.2, 0.25) is 0 Å². The van der Waals surface area contributed by atoms with E-state index in [2.05, 4.69) is 27.7 Å². The first-order valence-corrected chi connectivity index (χ1v) is 5.66. The molecule has 0 aliphatic heterocycles. The summed E-state index contributed by atoms with van der Waals surface area (Å²) in [5.74, 6) is 1.93. The van der Waals surface area contributed by atoms with Crippen molar-refractivity contribution in [2.45, 2.75) is 59.0 Å². The van der Waals surface area contributed by atoms with Gasteiger partial charge in [-0.2, -0.15) is 0 Å². The lowest BCUT2D eigenvalue weighted by Crippen LogP contribution is -2.48. The number of rotatable bonds is 4. The van der Waals surface area contributed by atoms with Gasteiger partial charge in [0.15, 0.2) is 0 Å². The summed E-state index contributed by atoms with van der Waals surface area (Å²) in [6.45, 7) is 8.88. The molecule has 1 fully saturated rings. The SMILES string of the molecule is CC(C)CC1CCC1(O)CC(C)C. The van der Waals surface area contributed by atoms with Crippen molar-refractivity contribution >= 4 is 0 Å². The lowest BCUT2D eigenvalue weighted by atomic mass is 9.63. The van der Waals surface area contributed by atoms with Gasteiger partial charge in [-0.15, -0.1) is 0 Å². The molecule has 0 aromatic heterocycles. The van der Waals surface area contributed by atoms with Crippen molar-refractivity contribution in [1.29, 1.82) is 0 Å². The average molecular weight is 184 g/mol. The van der Waals surface area contributed by atoms with E-state index in [9.17, 15) is 5.11 Å². The maximum absolute atomic E-state index is 10.3. The molecule has 1 nitrogen and oxygen atoms in total. The van der Waals surface area contributed by atoms with Gasteiger partial charge in [-0.05, 0) is 43.4 Å². The van der Waals surface area contributed by atoms with Crippen LogP contribution in [0.5, 0.6) is 0 Å². The Bertz CT molecular complexity index is 163. The minimum Gasteiger partial charge on any atom is -0.390 e. The lowest BCUT2D eigenvalue weighted by molar-refractivity contribution is -0.114. The summed E-state index contributed by atoms with van der Waals surface area (Å²) in [7, 11) is 0. The Balaban J connectivity index is 2.41. The molecule has 1 aliphatic carbocycles. The molecule has 1 heteroatoms. The fourth-order valence-corrected chi connectivity index (χ4v) is 2.56. The van der Waals surface area contributed by atoms with Crippen LogP contribution in [0.1, 0.15) is 53.4 Å². The van der Waals surface area contributed by atoms with Gasteiger partial charge in [0.05, 0.1) is 5.60 Å². The summed E-state index contributed by atoms with van der Waals surface area (Å²) in [4.78, 5) is 0. The Morgan fingerprint density at radius 2 is 1.85 bits per heavy atom. The predicted octanol–water partition coefficient (Wildman–Crippen LogP) is 3.22. The van der Waals surface area contributed by atoms with E-state index in [-0.39, 0.29) is 5.60 Å². The zero-order valence-electron chi connectivity index (χ0n) is 9.51. The van der Waals surface area contributed by atoms with Gasteiger partial charge < -0.3 is 5.11 Å². The third-order valence-electron chi connectivity index (χ3n) is 3.20. The molecule has 0 amide bonds. The fraction of sp³-hybridized carbons (Fsp3) is 1.00. The van der Waals surface area contributed by atoms with Crippen LogP contribution in [0.4, 0.5) is 0 Å². The van der Waals surface area contributed by atoms with Gasteiger partial charge in [0.1, 0.15) is 0 Å². The smallest absolute Gasteiger partial charge is 0.0678 e. The van der Waals surface area contributed by atoms with Crippen LogP contribution in [-0.4, -0.2) is 10.7 Å². The van der Waals surface area contributed by atoms with Crippen molar-refractivity contribution in [2.24, 2.45) is 17.8 Å². The summed E-state index contributed by atoms with van der Waals surface area (Å²) in [6.07, 6.45) is 4.46. The van der Waals surface area contributed by atoms with Crippen molar-refractivity contribution in [3.63, 3.8) is 0 Å². The molecule has 1 N–H and O–H groups in total. The van der Waals surface area contributed by atoms with E-state index in [0.29, 0.717) is 11.8 Å². The van der Waals surface area contributed by atoms with E-state index in [0.717, 1.165) is 18.8 Å². The Morgan fingerprint density at radius 3 is 2.15 bits per heavy atom. The second kappa shape index (κ2) is 4.00. The van der Waals surface area contributed by atoms with Crippen molar-refractivity contribution in [2.75, 3.05) is 0 Å². The maximum Gasteiger partial charge on any atom is 0.0678 e. The van der Waals surface area contributed by atoms with E-state index in [1.54, 1.807) is 0 Å². The monoisotopic (exact) mass is 184 g/mol. The standard InChI is InChI=1S/C12H24O/c1-9(2)7-11-5-6-12(11,13)8-10(3)4/h9-11,13H,5-8H2,1-4H3. The van der Waals surface area contributed by atoms with Gasteiger partial charge in [-0.1, -0.05) is 27.7 Å². The van der Waals surface area contributed by atoms with E-state index in [1.807, 2.05) is 0 Å². The minimum atomic E-state index is -0.307. The summed E-state index contributed by atoms with van der Waals surface area (Å²) in [5.41, 5.74) is -0.307. The molecule has 0 aromatic rings. The van der Waals surface area contributed by atoms with Crippen LogP contribution in [0.15, 0.2) is 0 Å². The third kappa shape index (κ3) is 2.70. The van der Waals surface area contributed by atoms with Crippen molar-refractivity contribution in [3.8, 4) is 0 Å². The van der Waals surface area contributed by atoms with Crippen LogP contribution in [0.3, 0.4) is 0 Å². The van der Waals surface area contributed by atoms with Gasteiger partial charge in [-0.25, -0.2) is 0 Å². The van der Waals surface area contributed by atoms with Crippen molar-refractivity contribution in [1.82, 2.24) is 0 Å². The fourth-order valence-electron chi connectivity index (χ4n) is 2.56. The largest absolute Gasteiger partial charge is 0.390 e. The Morgan fingerprint density at radius 1 is 1.23 bits per heavy atom. The molecule has 0 aromatic carbocycles. The lowest BCUT2D eigenvalue weighted by Gasteiger charge is -2.47. The van der Waals surface area contributed by atoms with Crippen LogP contribution in [0.2, 0.25) is 0 Å². The highest BCUT2D eigenvalue weighted by Crippen LogP contribution is 2.45. The summed E-state index contributed by atoms with van der Waals surface area (Å²) >= 11 is 0. The van der Waals surface area contributed by atoms with Crippen LogP contribution >= 0.6 is 0 Å². The Kier molecular flexibility index (Phi) is 3.39. The second-order valence-electron chi connectivity index (χ2n) is 5.57. The molecule has 0 radical (unpaired) electrons. The van der Waals surface area contributed by atoms with Crippen LogP contribution in [0.25, 0.3) is 0 Å². The number of hydrogen-bond donors (Lipinski definition) is 1. The number of hydrogen-bond acceptors (Lipinski definition) is 1. The minimum absolute atomic E-state index is 0.307. The topological polar surface area (TPSA) is 20.2 Å². The van der Waals surface area contributed by atoms with Crippen molar-refractivity contribution in [3.05, 3.63) is 0 Å². The predicted molar refractivity (Wildman–Crippen MR) is 56.6 cm³/mol. The van der Waals surface area contributed by atoms with E-state index >= 15 is 0 Å². The van der Waals surface area contributed by atoms with E-state index < -0.39 is 0 Å². The molecule has 1 saturated carbocycles. The highest BCUT2D eigenvalue weighted by Gasteiger charge is 2.44. The normalized spacial score (nSPS) is 33.9. The Hall–Kier alpha value is -0.0400. The quantitative estimate of drug-likeness (QED) is 0.711.